The predicted molar refractivity (Wildman–Crippen MR) is 78.0 cm³/mol. The first kappa shape index (κ1) is 13.1. The second-order valence-corrected chi connectivity index (χ2v) is 6.06. The molecule has 0 spiro atoms. The van der Waals surface area contributed by atoms with Gasteiger partial charge in [-0.05, 0) is 50.8 Å². The molecule has 104 valence electrons. The molecule has 3 rings (SSSR count). The zero-order chi connectivity index (χ0) is 13.2. The first-order valence-corrected chi connectivity index (χ1v) is 7.66. The lowest BCUT2D eigenvalue weighted by Gasteiger charge is -2.36. The monoisotopic (exact) mass is 259 g/mol. The van der Waals surface area contributed by atoms with Crippen LogP contribution < -0.4 is 5.32 Å². The van der Waals surface area contributed by atoms with E-state index < -0.39 is 0 Å². The van der Waals surface area contributed by atoms with Crippen molar-refractivity contribution < 1.29 is 0 Å². The number of rotatable bonds is 4. The summed E-state index contributed by atoms with van der Waals surface area (Å²) in [6.07, 6.45) is 8.38. The summed E-state index contributed by atoms with van der Waals surface area (Å²) in [4.78, 5) is 7.12. The number of fused-ring (bicyclic) bond motifs is 2. The summed E-state index contributed by atoms with van der Waals surface area (Å²) in [6.45, 7) is 3.13. The highest BCUT2D eigenvalue weighted by molar-refractivity contribution is 5.19. The third kappa shape index (κ3) is 2.67. The van der Waals surface area contributed by atoms with Crippen LogP contribution in [-0.2, 0) is 13.0 Å². The van der Waals surface area contributed by atoms with Crippen LogP contribution in [0.2, 0.25) is 0 Å². The maximum Gasteiger partial charge on any atom is 0.0573 e. The van der Waals surface area contributed by atoms with E-state index in [4.69, 9.17) is 0 Å². The molecule has 2 saturated heterocycles. The van der Waals surface area contributed by atoms with Crippen molar-refractivity contribution in [1.82, 2.24) is 15.2 Å². The number of hydrogen-bond acceptors (Lipinski definition) is 3. The molecular formula is C16H25N3. The number of hydrogen-bond donors (Lipinski definition) is 1. The van der Waals surface area contributed by atoms with Gasteiger partial charge in [-0.1, -0.05) is 13.0 Å². The Hall–Kier alpha value is -0.930. The molecule has 19 heavy (non-hydrogen) atoms. The first-order valence-electron chi connectivity index (χ1n) is 7.66. The fraction of sp³-hybridized carbons (Fsp3) is 0.688. The molecule has 1 N–H and O–H groups in total. The third-order valence-electron chi connectivity index (χ3n) is 5.02. The van der Waals surface area contributed by atoms with Gasteiger partial charge >= 0.3 is 0 Å². The van der Waals surface area contributed by atoms with Gasteiger partial charge in [0.15, 0.2) is 0 Å². The van der Waals surface area contributed by atoms with E-state index in [0.29, 0.717) is 6.04 Å². The lowest BCUT2D eigenvalue weighted by atomic mass is 9.98. The van der Waals surface area contributed by atoms with Crippen molar-refractivity contribution >= 4 is 0 Å². The molecule has 0 aliphatic carbocycles. The molecule has 3 heterocycles. The van der Waals surface area contributed by atoms with Crippen LogP contribution in [0.3, 0.4) is 0 Å². The second-order valence-electron chi connectivity index (χ2n) is 6.06. The highest BCUT2D eigenvalue weighted by atomic mass is 15.2. The van der Waals surface area contributed by atoms with E-state index >= 15 is 0 Å². The predicted octanol–water partition coefficient (Wildman–Crippen LogP) is 2.36. The summed E-state index contributed by atoms with van der Waals surface area (Å²) < 4.78 is 0. The molecule has 0 saturated carbocycles. The van der Waals surface area contributed by atoms with Gasteiger partial charge in [0.05, 0.1) is 5.69 Å². The fourth-order valence-corrected chi connectivity index (χ4v) is 3.77. The zero-order valence-electron chi connectivity index (χ0n) is 12.1. The van der Waals surface area contributed by atoms with Crippen molar-refractivity contribution in [2.45, 2.75) is 63.7 Å². The molecule has 3 nitrogen and oxygen atoms in total. The topological polar surface area (TPSA) is 28.2 Å². The third-order valence-corrected chi connectivity index (χ3v) is 5.02. The molecule has 2 bridgehead atoms. The van der Waals surface area contributed by atoms with Crippen LogP contribution in [0.1, 0.15) is 43.9 Å². The summed E-state index contributed by atoms with van der Waals surface area (Å²) in [5.74, 6) is 0. The molecule has 0 radical (unpaired) electrons. The van der Waals surface area contributed by atoms with Crippen LogP contribution in [0, 0.1) is 0 Å². The normalized spacial score (nSPS) is 30.7. The quantitative estimate of drug-likeness (QED) is 0.899. The van der Waals surface area contributed by atoms with E-state index in [-0.39, 0.29) is 0 Å². The minimum absolute atomic E-state index is 0.681. The lowest BCUT2D eigenvalue weighted by Crippen LogP contribution is -2.47. The summed E-state index contributed by atoms with van der Waals surface area (Å²) >= 11 is 0. The van der Waals surface area contributed by atoms with Crippen molar-refractivity contribution in [2.24, 2.45) is 0 Å². The Balaban J connectivity index is 1.58. The Morgan fingerprint density at radius 1 is 1.32 bits per heavy atom. The van der Waals surface area contributed by atoms with Crippen molar-refractivity contribution in [2.75, 3.05) is 7.05 Å². The van der Waals surface area contributed by atoms with Gasteiger partial charge < -0.3 is 10.2 Å². The largest absolute Gasteiger partial charge is 0.308 e. The van der Waals surface area contributed by atoms with Gasteiger partial charge in [0.1, 0.15) is 0 Å². The molecule has 0 amide bonds. The molecule has 1 aromatic heterocycles. The van der Waals surface area contributed by atoms with E-state index in [1.165, 1.54) is 36.9 Å². The molecular weight excluding hydrogens is 234 g/mol. The first-order chi connectivity index (χ1) is 9.28. The van der Waals surface area contributed by atoms with Gasteiger partial charge in [0.25, 0.3) is 0 Å². The Morgan fingerprint density at radius 3 is 2.74 bits per heavy atom. The van der Waals surface area contributed by atoms with Crippen LogP contribution in [0.5, 0.6) is 0 Å². The van der Waals surface area contributed by atoms with E-state index in [1.807, 2.05) is 12.3 Å². The number of pyridine rings is 1. The van der Waals surface area contributed by atoms with Crippen molar-refractivity contribution in [3.63, 3.8) is 0 Å². The number of piperidine rings is 1. The number of aryl methyl sites for hydroxylation is 1. The molecule has 2 aliphatic rings. The van der Waals surface area contributed by atoms with Gasteiger partial charge in [-0.3, -0.25) is 4.98 Å². The van der Waals surface area contributed by atoms with Crippen molar-refractivity contribution in [3.8, 4) is 0 Å². The smallest absolute Gasteiger partial charge is 0.0573 e. The number of aromatic nitrogens is 1. The minimum atomic E-state index is 0.681. The average molecular weight is 259 g/mol. The lowest BCUT2D eigenvalue weighted by molar-refractivity contribution is 0.148. The molecule has 2 fully saturated rings. The maximum atomic E-state index is 4.53. The maximum absolute atomic E-state index is 4.53. The Bertz CT molecular complexity index is 418. The van der Waals surface area contributed by atoms with E-state index in [1.54, 1.807) is 0 Å². The SMILES string of the molecule is CCc1cccnc1CNC1CC2CCC(C1)N2C. The van der Waals surface area contributed by atoms with Gasteiger partial charge in [-0.15, -0.1) is 0 Å². The van der Waals surface area contributed by atoms with Crippen molar-refractivity contribution in [1.29, 1.82) is 0 Å². The minimum Gasteiger partial charge on any atom is -0.308 e. The van der Waals surface area contributed by atoms with Crippen LogP contribution in [-0.4, -0.2) is 35.1 Å². The molecule has 0 aromatic carbocycles. The van der Waals surface area contributed by atoms with Gasteiger partial charge in [0.2, 0.25) is 0 Å². The Morgan fingerprint density at radius 2 is 2.05 bits per heavy atom. The van der Waals surface area contributed by atoms with E-state index in [2.05, 4.69) is 35.2 Å². The zero-order valence-corrected chi connectivity index (χ0v) is 12.1. The van der Waals surface area contributed by atoms with Crippen LogP contribution in [0.25, 0.3) is 0 Å². The van der Waals surface area contributed by atoms with Crippen LogP contribution in [0.4, 0.5) is 0 Å². The fourth-order valence-electron chi connectivity index (χ4n) is 3.77. The average Bonchev–Trinajstić information content (AvgIpc) is 2.67. The van der Waals surface area contributed by atoms with Crippen LogP contribution in [0.15, 0.2) is 18.3 Å². The second kappa shape index (κ2) is 5.59. The molecule has 3 heteroatoms. The summed E-state index contributed by atoms with van der Waals surface area (Å²) in [5, 5.41) is 3.74. The molecule has 2 unspecified atom stereocenters. The Labute approximate surface area is 116 Å². The molecule has 2 aliphatic heterocycles. The summed E-state index contributed by atoms with van der Waals surface area (Å²) in [6, 6.07) is 6.54. The molecule has 1 aromatic rings. The van der Waals surface area contributed by atoms with Gasteiger partial charge in [0, 0.05) is 30.9 Å². The highest BCUT2D eigenvalue weighted by Gasteiger charge is 2.38. The van der Waals surface area contributed by atoms with Gasteiger partial charge in [-0.2, -0.15) is 0 Å². The molecule has 2 atom stereocenters. The van der Waals surface area contributed by atoms with E-state index in [0.717, 1.165) is 25.0 Å². The van der Waals surface area contributed by atoms with Gasteiger partial charge in [-0.25, -0.2) is 0 Å². The number of nitrogens with one attached hydrogen (secondary N) is 1. The number of nitrogens with zero attached hydrogens (tertiary/aromatic N) is 2. The summed E-state index contributed by atoms with van der Waals surface area (Å²) in [7, 11) is 2.30. The highest BCUT2D eigenvalue weighted by Crippen LogP contribution is 2.34. The van der Waals surface area contributed by atoms with Crippen molar-refractivity contribution in [3.05, 3.63) is 29.6 Å². The summed E-state index contributed by atoms with van der Waals surface area (Å²) in [5.41, 5.74) is 2.61. The Kier molecular flexibility index (Phi) is 3.85. The van der Waals surface area contributed by atoms with Crippen LogP contribution >= 0.6 is 0 Å². The van der Waals surface area contributed by atoms with E-state index in [9.17, 15) is 0 Å². The standard InChI is InChI=1S/C16H25N3/c1-3-12-5-4-8-17-16(12)11-18-13-9-14-6-7-15(10-13)19(14)2/h4-5,8,13-15,18H,3,6-7,9-11H2,1-2H3.